The van der Waals surface area contributed by atoms with E-state index >= 15 is 0 Å². The fourth-order valence-electron chi connectivity index (χ4n) is 1.80. The zero-order valence-corrected chi connectivity index (χ0v) is 12.5. The number of carbonyl (C=O) groups is 1. The molecule has 0 saturated carbocycles. The Hall–Kier alpha value is -1.68. The molecule has 1 heterocycles. The molecular formula is C15H15BrN2O. The van der Waals surface area contributed by atoms with Crippen LogP contribution in [0.5, 0.6) is 0 Å². The molecule has 0 atom stereocenters. The van der Waals surface area contributed by atoms with Crippen LogP contribution in [0.4, 0.5) is 5.82 Å². The number of halogens is 1. The van der Waals surface area contributed by atoms with E-state index in [9.17, 15) is 4.79 Å². The molecule has 3 nitrogen and oxygen atoms in total. The van der Waals surface area contributed by atoms with Crippen LogP contribution in [-0.2, 0) is 11.2 Å². The van der Waals surface area contributed by atoms with E-state index in [1.54, 1.807) is 12.3 Å². The van der Waals surface area contributed by atoms with Crippen LogP contribution in [0.3, 0.4) is 0 Å². The molecule has 1 N–H and O–H groups in total. The van der Waals surface area contributed by atoms with Gasteiger partial charge in [-0.1, -0.05) is 23.8 Å². The highest BCUT2D eigenvalue weighted by Gasteiger charge is 2.07. The van der Waals surface area contributed by atoms with E-state index in [-0.39, 0.29) is 5.91 Å². The number of benzene rings is 1. The number of pyridine rings is 1. The summed E-state index contributed by atoms with van der Waals surface area (Å²) >= 11 is 3.31. The van der Waals surface area contributed by atoms with Gasteiger partial charge in [0.25, 0.3) is 0 Å². The van der Waals surface area contributed by atoms with Crippen LogP contribution in [0.2, 0.25) is 0 Å². The number of anilines is 1. The van der Waals surface area contributed by atoms with Gasteiger partial charge in [-0.05, 0) is 53.0 Å². The van der Waals surface area contributed by atoms with Gasteiger partial charge in [-0.2, -0.15) is 0 Å². The molecule has 1 amide bonds. The second kappa shape index (κ2) is 5.97. The molecule has 98 valence electrons. The predicted octanol–water partition coefficient (Wildman–Crippen LogP) is 3.64. The zero-order valence-electron chi connectivity index (χ0n) is 10.9. The van der Waals surface area contributed by atoms with Crippen LogP contribution in [0.25, 0.3) is 0 Å². The van der Waals surface area contributed by atoms with E-state index in [0.717, 1.165) is 21.2 Å². The fourth-order valence-corrected chi connectivity index (χ4v) is 2.04. The first-order valence-electron chi connectivity index (χ1n) is 6.02. The van der Waals surface area contributed by atoms with Gasteiger partial charge in [-0.15, -0.1) is 0 Å². The Bertz CT molecular complexity index is 594. The summed E-state index contributed by atoms with van der Waals surface area (Å²) < 4.78 is 0.889. The van der Waals surface area contributed by atoms with E-state index in [4.69, 9.17) is 0 Å². The molecule has 0 fully saturated rings. The number of rotatable bonds is 3. The highest BCUT2D eigenvalue weighted by atomic mass is 79.9. The molecule has 2 rings (SSSR count). The third kappa shape index (κ3) is 3.89. The molecule has 2 aromatic rings. The van der Waals surface area contributed by atoms with Crippen LogP contribution in [0.1, 0.15) is 16.7 Å². The summed E-state index contributed by atoms with van der Waals surface area (Å²) in [4.78, 5) is 16.1. The van der Waals surface area contributed by atoms with Crippen LogP contribution in [-0.4, -0.2) is 10.9 Å². The van der Waals surface area contributed by atoms with Gasteiger partial charge in [-0.25, -0.2) is 4.98 Å². The number of aromatic nitrogens is 1. The Morgan fingerprint density at radius 1 is 1.26 bits per heavy atom. The molecule has 1 aromatic heterocycles. The lowest BCUT2D eigenvalue weighted by atomic mass is 10.0. The minimum absolute atomic E-state index is 0.0523. The number of nitrogens with zero attached hydrogens (tertiary/aromatic N) is 1. The van der Waals surface area contributed by atoms with Crippen molar-refractivity contribution in [1.82, 2.24) is 4.98 Å². The summed E-state index contributed by atoms with van der Waals surface area (Å²) in [6.45, 7) is 4.04. The number of hydrogen-bond acceptors (Lipinski definition) is 2. The first kappa shape index (κ1) is 13.7. The molecule has 0 unspecified atom stereocenters. The van der Waals surface area contributed by atoms with Crippen molar-refractivity contribution in [2.75, 3.05) is 5.32 Å². The molecule has 0 radical (unpaired) electrons. The molecule has 0 saturated heterocycles. The number of hydrogen-bond donors (Lipinski definition) is 1. The number of carbonyl (C=O) groups excluding carboxylic acids is 1. The average molecular weight is 319 g/mol. The molecular weight excluding hydrogens is 304 g/mol. The summed E-state index contributed by atoms with van der Waals surface area (Å²) in [7, 11) is 0. The maximum atomic E-state index is 12.0. The van der Waals surface area contributed by atoms with Crippen molar-refractivity contribution in [3.05, 3.63) is 57.7 Å². The van der Waals surface area contributed by atoms with Crippen molar-refractivity contribution in [3.8, 4) is 0 Å². The maximum absolute atomic E-state index is 12.0. The Balaban J connectivity index is 2.05. The van der Waals surface area contributed by atoms with Gasteiger partial charge in [0.05, 0.1) is 6.42 Å². The Morgan fingerprint density at radius 3 is 2.74 bits per heavy atom. The largest absolute Gasteiger partial charge is 0.310 e. The van der Waals surface area contributed by atoms with Crippen LogP contribution in [0, 0.1) is 13.8 Å². The van der Waals surface area contributed by atoms with Crippen molar-refractivity contribution >= 4 is 27.7 Å². The smallest absolute Gasteiger partial charge is 0.229 e. The van der Waals surface area contributed by atoms with Crippen molar-refractivity contribution in [1.29, 1.82) is 0 Å². The van der Waals surface area contributed by atoms with Crippen molar-refractivity contribution in [2.24, 2.45) is 0 Å². The number of aryl methyl sites for hydroxylation is 2. The van der Waals surface area contributed by atoms with Gasteiger partial charge in [-0.3, -0.25) is 4.79 Å². The third-order valence-electron chi connectivity index (χ3n) is 2.85. The van der Waals surface area contributed by atoms with Gasteiger partial charge in [0.15, 0.2) is 0 Å². The number of amides is 1. The summed E-state index contributed by atoms with van der Waals surface area (Å²) in [6.07, 6.45) is 2.03. The van der Waals surface area contributed by atoms with E-state index in [1.165, 1.54) is 0 Å². The van der Waals surface area contributed by atoms with E-state index < -0.39 is 0 Å². The molecule has 0 aliphatic carbocycles. The first-order chi connectivity index (χ1) is 9.04. The van der Waals surface area contributed by atoms with Gasteiger partial charge in [0.1, 0.15) is 5.82 Å². The second-order valence-corrected chi connectivity index (χ2v) is 5.43. The quantitative estimate of drug-likeness (QED) is 0.938. The third-order valence-corrected chi connectivity index (χ3v) is 3.32. The molecule has 19 heavy (non-hydrogen) atoms. The van der Waals surface area contributed by atoms with E-state index in [2.05, 4.69) is 26.2 Å². The lowest BCUT2D eigenvalue weighted by Gasteiger charge is -2.08. The van der Waals surface area contributed by atoms with Crippen LogP contribution < -0.4 is 5.32 Å². The fraction of sp³-hybridized carbons (Fsp3) is 0.200. The van der Waals surface area contributed by atoms with Crippen molar-refractivity contribution < 1.29 is 4.79 Å². The molecule has 0 aliphatic heterocycles. The standard InChI is InChI=1S/C15H15BrN2O/c1-10-3-4-11(2)12(7-10)8-15(19)18-14-6-5-13(16)9-17-14/h3-7,9H,8H2,1-2H3,(H,17,18,19). The normalized spacial score (nSPS) is 10.3. The summed E-state index contributed by atoms with van der Waals surface area (Å²) in [5, 5.41) is 2.79. The minimum atomic E-state index is -0.0523. The highest BCUT2D eigenvalue weighted by molar-refractivity contribution is 9.10. The van der Waals surface area contributed by atoms with Crippen LogP contribution in [0.15, 0.2) is 41.0 Å². The Kier molecular flexibility index (Phi) is 4.32. The summed E-state index contributed by atoms with van der Waals surface area (Å²) in [5.74, 6) is 0.516. The van der Waals surface area contributed by atoms with Crippen LogP contribution >= 0.6 is 15.9 Å². The predicted molar refractivity (Wildman–Crippen MR) is 80.2 cm³/mol. The van der Waals surface area contributed by atoms with E-state index in [1.807, 2.05) is 38.1 Å². The molecule has 4 heteroatoms. The lowest BCUT2D eigenvalue weighted by Crippen LogP contribution is -2.15. The average Bonchev–Trinajstić information content (AvgIpc) is 2.37. The maximum Gasteiger partial charge on any atom is 0.229 e. The van der Waals surface area contributed by atoms with Gasteiger partial charge in [0.2, 0.25) is 5.91 Å². The lowest BCUT2D eigenvalue weighted by molar-refractivity contribution is -0.115. The minimum Gasteiger partial charge on any atom is -0.310 e. The first-order valence-corrected chi connectivity index (χ1v) is 6.81. The van der Waals surface area contributed by atoms with Gasteiger partial charge < -0.3 is 5.32 Å². The van der Waals surface area contributed by atoms with Gasteiger partial charge in [0, 0.05) is 10.7 Å². The van der Waals surface area contributed by atoms with Gasteiger partial charge >= 0.3 is 0 Å². The summed E-state index contributed by atoms with van der Waals surface area (Å²) in [6, 6.07) is 9.75. The zero-order chi connectivity index (χ0) is 13.8. The van der Waals surface area contributed by atoms with E-state index in [0.29, 0.717) is 12.2 Å². The van der Waals surface area contributed by atoms with Crippen molar-refractivity contribution in [2.45, 2.75) is 20.3 Å². The number of nitrogens with one attached hydrogen (secondary N) is 1. The molecule has 0 spiro atoms. The monoisotopic (exact) mass is 318 g/mol. The Morgan fingerprint density at radius 2 is 2.05 bits per heavy atom. The molecule has 0 bridgehead atoms. The van der Waals surface area contributed by atoms with Crippen molar-refractivity contribution in [3.63, 3.8) is 0 Å². The molecule has 1 aromatic carbocycles. The second-order valence-electron chi connectivity index (χ2n) is 4.52. The Labute approximate surface area is 121 Å². The highest BCUT2D eigenvalue weighted by Crippen LogP contribution is 2.13. The SMILES string of the molecule is Cc1ccc(C)c(CC(=O)Nc2ccc(Br)cn2)c1. The topological polar surface area (TPSA) is 42.0 Å². The summed E-state index contributed by atoms with van der Waals surface area (Å²) in [5.41, 5.74) is 3.34. The molecule has 0 aliphatic rings.